The highest BCUT2D eigenvalue weighted by Crippen LogP contribution is 2.39. The van der Waals surface area contributed by atoms with Gasteiger partial charge >= 0.3 is 6.03 Å². The number of fused-ring (bicyclic) bond motifs is 1. The third-order valence-electron chi connectivity index (χ3n) is 7.52. The van der Waals surface area contributed by atoms with E-state index in [2.05, 4.69) is 23.7 Å². The molecule has 0 unspecified atom stereocenters. The Bertz CT molecular complexity index is 1210. The zero-order chi connectivity index (χ0) is 25.3. The average molecular weight is 490 g/mol. The molecule has 1 spiro atoms. The van der Waals surface area contributed by atoms with Crippen LogP contribution in [0, 0.1) is 5.92 Å². The molecule has 2 aliphatic heterocycles. The first-order chi connectivity index (χ1) is 17.4. The van der Waals surface area contributed by atoms with Gasteiger partial charge in [-0.1, -0.05) is 38.1 Å². The fourth-order valence-corrected chi connectivity index (χ4v) is 5.43. The minimum atomic E-state index is -0.769. The van der Waals surface area contributed by atoms with E-state index in [0.717, 1.165) is 47.7 Å². The number of para-hydroxylation sites is 2. The van der Waals surface area contributed by atoms with Gasteiger partial charge in [0.2, 0.25) is 0 Å². The Morgan fingerprint density at radius 1 is 1.06 bits per heavy atom. The van der Waals surface area contributed by atoms with E-state index in [-0.39, 0.29) is 18.5 Å². The number of ether oxygens (including phenoxy) is 1. The summed E-state index contributed by atoms with van der Waals surface area (Å²) in [4.78, 5) is 41.2. The van der Waals surface area contributed by atoms with E-state index >= 15 is 0 Å². The van der Waals surface area contributed by atoms with Crippen LogP contribution in [0.3, 0.4) is 0 Å². The molecule has 36 heavy (non-hydrogen) atoms. The van der Waals surface area contributed by atoms with Gasteiger partial charge in [-0.2, -0.15) is 0 Å². The van der Waals surface area contributed by atoms with Gasteiger partial charge in [-0.05, 0) is 55.0 Å². The summed E-state index contributed by atoms with van der Waals surface area (Å²) in [5, 5.41) is 0. The van der Waals surface area contributed by atoms with Gasteiger partial charge in [-0.3, -0.25) is 14.6 Å². The summed E-state index contributed by atoms with van der Waals surface area (Å²) < 4.78 is 5.34. The lowest BCUT2D eigenvalue weighted by Crippen LogP contribution is -2.56. The molecule has 2 fully saturated rings. The maximum atomic E-state index is 13.9. The summed E-state index contributed by atoms with van der Waals surface area (Å²) in [7, 11) is 1.62. The number of hydrogen-bond donors (Lipinski definition) is 1. The van der Waals surface area contributed by atoms with E-state index in [1.54, 1.807) is 7.11 Å². The smallest absolute Gasteiger partial charge is 0.327 e. The van der Waals surface area contributed by atoms with Gasteiger partial charge in [0.25, 0.3) is 5.91 Å². The van der Waals surface area contributed by atoms with Crippen molar-refractivity contribution in [1.82, 2.24) is 24.7 Å². The van der Waals surface area contributed by atoms with Gasteiger partial charge < -0.3 is 14.6 Å². The highest BCUT2D eigenvalue weighted by Gasteiger charge is 2.57. The first-order valence-corrected chi connectivity index (χ1v) is 12.8. The number of methoxy groups -OCH3 is 1. The van der Waals surface area contributed by atoms with Crippen molar-refractivity contribution in [3.63, 3.8) is 0 Å². The fraction of sp³-hybridized carbons (Fsp3) is 0.464. The van der Waals surface area contributed by atoms with Gasteiger partial charge in [-0.25, -0.2) is 9.78 Å². The summed E-state index contributed by atoms with van der Waals surface area (Å²) in [6, 6.07) is 15.4. The first kappa shape index (κ1) is 24.3. The molecule has 3 aromatic rings. The molecular weight excluding hydrogens is 454 g/mol. The molecule has 2 saturated heterocycles. The molecule has 0 radical (unpaired) electrons. The number of rotatable bonds is 8. The topological polar surface area (TPSA) is 81.8 Å². The predicted molar refractivity (Wildman–Crippen MR) is 138 cm³/mol. The summed E-state index contributed by atoms with van der Waals surface area (Å²) in [6.07, 6.45) is 2.13. The van der Waals surface area contributed by atoms with Crippen LogP contribution in [-0.2, 0) is 17.9 Å². The third kappa shape index (κ3) is 4.57. The van der Waals surface area contributed by atoms with Crippen LogP contribution in [0.25, 0.3) is 11.0 Å². The number of piperidine rings is 1. The zero-order valence-corrected chi connectivity index (χ0v) is 21.4. The maximum absolute atomic E-state index is 13.9. The van der Waals surface area contributed by atoms with Crippen molar-refractivity contribution < 1.29 is 14.3 Å². The van der Waals surface area contributed by atoms with Crippen LogP contribution in [0.5, 0.6) is 5.75 Å². The van der Waals surface area contributed by atoms with Crippen LogP contribution in [0.1, 0.15) is 44.5 Å². The van der Waals surface area contributed by atoms with Crippen molar-refractivity contribution in [1.29, 1.82) is 0 Å². The number of urea groups is 1. The number of aromatic amines is 1. The molecule has 0 aliphatic carbocycles. The second-order valence-corrected chi connectivity index (χ2v) is 10.4. The predicted octanol–water partition coefficient (Wildman–Crippen LogP) is 4.42. The summed E-state index contributed by atoms with van der Waals surface area (Å²) in [6.45, 7) is 7.34. The van der Waals surface area contributed by atoms with Crippen molar-refractivity contribution >= 4 is 23.0 Å². The molecule has 5 rings (SSSR count). The highest BCUT2D eigenvalue weighted by molar-refractivity contribution is 6.07. The van der Waals surface area contributed by atoms with E-state index in [9.17, 15) is 9.59 Å². The van der Waals surface area contributed by atoms with Gasteiger partial charge in [0.05, 0.1) is 31.2 Å². The monoisotopic (exact) mass is 489 g/mol. The standard InChI is InChI=1S/C28H35N5O3/c1-20(2)11-14-33-27(35)32(18-21-7-6-8-22(17-21)36-3)26(34)28(33)12-15-31(16-13-28)19-25-29-23-9-4-5-10-24(23)30-25/h4-10,17,20H,11-16,18-19H2,1-3H3,(H,29,30). The molecule has 0 saturated carbocycles. The molecule has 1 aromatic heterocycles. The molecule has 8 heteroatoms. The third-order valence-corrected chi connectivity index (χ3v) is 7.52. The lowest BCUT2D eigenvalue weighted by molar-refractivity contribution is -0.136. The number of carbonyl (C=O) groups is 2. The molecule has 8 nitrogen and oxygen atoms in total. The Hall–Kier alpha value is -3.39. The van der Waals surface area contributed by atoms with Crippen LogP contribution < -0.4 is 4.74 Å². The molecule has 1 N–H and O–H groups in total. The van der Waals surface area contributed by atoms with Crippen LogP contribution in [0.15, 0.2) is 48.5 Å². The van der Waals surface area contributed by atoms with Crippen LogP contribution in [-0.4, -0.2) is 68.9 Å². The van der Waals surface area contributed by atoms with E-state index in [1.807, 2.05) is 53.4 Å². The Balaban J connectivity index is 1.33. The van der Waals surface area contributed by atoms with E-state index in [0.29, 0.717) is 31.8 Å². The fourth-order valence-electron chi connectivity index (χ4n) is 5.43. The largest absolute Gasteiger partial charge is 0.497 e. The number of likely N-dealkylation sites (tertiary alicyclic amines) is 1. The minimum absolute atomic E-state index is 0.0672. The lowest BCUT2D eigenvalue weighted by Gasteiger charge is -2.42. The van der Waals surface area contributed by atoms with Crippen molar-refractivity contribution in [3.8, 4) is 5.75 Å². The normalized spacial score (nSPS) is 18.2. The number of carbonyl (C=O) groups excluding carboxylic acids is 2. The summed E-state index contributed by atoms with van der Waals surface area (Å²) in [5.41, 5.74) is 2.12. The maximum Gasteiger partial charge on any atom is 0.327 e. The molecule has 3 amide bonds. The number of benzene rings is 2. The molecule has 2 aromatic carbocycles. The van der Waals surface area contributed by atoms with Crippen LogP contribution in [0.4, 0.5) is 4.79 Å². The molecule has 190 valence electrons. The van der Waals surface area contributed by atoms with Crippen molar-refractivity contribution in [3.05, 3.63) is 59.9 Å². The van der Waals surface area contributed by atoms with Gasteiger partial charge in [-0.15, -0.1) is 0 Å². The Morgan fingerprint density at radius 2 is 1.83 bits per heavy atom. The number of hydrogen-bond acceptors (Lipinski definition) is 5. The average Bonchev–Trinajstić information content (AvgIpc) is 3.37. The van der Waals surface area contributed by atoms with Gasteiger partial charge in [0, 0.05) is 19.6 Å². The van der Waals surface area contributed by atoms with E-state index < -0.39 is 5.54 Å². The van der Waals surface area contributed by atoms with E-state index in [1.165, 1.54) is 4.90 Å². The molecule has 0 bridgehead atoms. The second-order valence-electron chi connectivity index (χ2n) is 10.4. The number of nitrogens with one attached hydrogen (secondary N) is 1. The van der Waals surface area contributed by atoms with Gasteiger partial charge in [0.1, 0.15) is 17.1 Å². The Morgan fingerprint density at radius 3 is 2.56 bits per heavy atom. The molecular formula is C28H35N5O3. The Labute approximate surface area is 212 Å². The zero-order valence-electron chi connectivity index (χ0n) is 21.4. The number of amides is 3. The minimum Gasteiger partial charge on any atom is -0.497 e. The molecule has 0 atom stereocenters. The second kappa shape index (κ2) is 9.93. The number of nitrogens with zero attached hydrogens (tertiary/aromatic N) is 4. The van der Waals surface area contributed by atoms with E-state index in [4.69, 9.17) is 9.72 Å². The number of imide groups is 1. The summed E-state index contributed by atoms with van der Waals surface area (Å²) in [5.74, 6) is 2.03. The van der Waals surface area contributed by atoms with Crippen molar-refractivity contribution in [2.24, 2.45) is 5.92 Å². The van der Waals surface area contributed by atoms with Crippen LogP contribution >= 0.6 is 0 Å². The van der Waals surface area contributed by atoms with Gasteiger partial charge in [0.15, 0.2) is 0 Å². The van der Waals surface area contributed by atoms with Crippen molar-refractivity contribution in [2.75, 3.05) is 26.7 Å². The lowest BCUT2D eigenvalue weighted by atomic mass is 9.85. The molecule has 2 aliphatic rings. The Kier molecular flexibility index (Phi) is 6.71. The number of H-pyrrole nitrogens is 1. The quantitative estimate of drug-likeness (QED) is 0.474. The number of aromatic nitrogens is 2. The SMILES string of the molecule is COc1cccc(CN2C(=O)N(CCC(C)C)C3(CCN(Cc4nc5ccccc5[nH]4)CC3)C2=O)c1. The first-order valence-electron chi connectivity index (χ1n) is 12.8. The highest BCUT2D eigenvalue weighted by atomic mass is 16.5. The van der Waals surface area contributed by atoms with Crippen molar-refractivity contribution in [2.45, 2.75) is 51.7 Å². The molecule has 3 heterocycles. The summed E-state index contributed by atoms with van der Waals surface area (Å²) >= 11 is 0. The van der Waals surface area contributed by atoms with Crippen LogP contribution in [0.2, 0.25) is 0 Å². The number of imidazole rings is 1.